The second kappa shape index (κ2) is 7.45. The molecule has 0 radical (unpaired) electrons. The highest BCUT2D eigenvalue weighted by Gasteiger charge is 2.14. The van der Waals surface area contributed by atoms with E-state index in [-0.39, 0.29) is 5.78 Å². The van der Waals surface area contributed by atoms with Crippen molar-refractivity contribution >= 4 is 5.78 Å². The summed E-state index contributed by atoms with van der Waals surface area (Å²) in [4.78, 5) is 12.2. The molecule has 0 atom stereocenters. The zero-order valence-corrected chi connectivity index (χ0v) is 12.9. The minimum absolute atomic E-state index is 0.0922. The fourth-order valence-electron chi connectivity index (χ4n) is 2.90. The Hall–Kier alpha value is -1.81. The van der Waals surface area contributed by atoms with Gasteiger partial charge in [-0.05, 0) is 56.8 Å². The van der Waals surface area contributed by atoms with E-state index >= 15 is 0 Å². The van der Waals surface area contributed by atoms with Gasteiger partial charge in [-0.3, -0.25) is 4.79 Å². The molecular formula is C18H23NO3. The van der Waals surface area contributed by atoms with Crippen molar-refractivity contribution in [2.45, 2.75) is 32.1 Å². The highest BCUT2D eigenvalue weighted by Crippen LogP contribution is 2.30. The SMILES string of the molecule is O=C(CNCCC1=CCCCC1)c1ccc2c(c1)OCCO2. The van der Waals surface area contributed by atoms with Gasteiger partial charge in [0, 0.05) is 5.56 Å². The van der Waals surface area contributed by atoms with Crippen LogP contribution in [0.15, 0.2) is 29.8 Å². The lowest BCUT2D eigenvalue weighted by Crippen LogP contribution is -2.24. The van der Waals surface area contributed by atoms with E-state index in [1.165, 1.54) is 31.3 Å². The number of nitrogens with one attached hydrogen (secondary N) is 1. The lowest BCUT2D eigenvalue weighted by Gasteiger charge is -2.18. The Labute approximate surface area is 131 Å². The monoisotopic (exact) mass is 301 g/mol. The molecule has 1 aliphatic heterocycles. The second-order valence-corrected chi connectivity index (χ2v) is 5.82. The van der Waals surface area contributed by atoms with Gasteiger partial charge in [0.2, 0.25) is 0 Å². The summed E-state index contributed by atoms with van der Waals surface area (Å²) >= 11 is 0. The molecular weight excluding hydrogens is 278 g/mol. The van der Waals surface area contributed by atoms with Gasteiger partial charge in [0.25, 0.3) is 0 Å². The van der Waals surface area contributed by atoms with Gasteiger partial charge in [-0.1, -0.05) is 11.6 Å². The molecule has 0 bridgehead atoms. The maximum Gasteiger partial charge on any atom is 0.176 e. The van der Waals surface area contributed by atoms with Crippen molar-refractivity contribution in [3.63, 3.8) is 0 Å². The molecule has 1 N–H and O–H groups in total. The molecule has 0 spiro atoms. The number of carbonyl (C=O) groups is 1. The minimum atomic E-state index is 0.0922. The van der Waals surface area contributed by atoms with Gasteiger partial charge in [-0.25, -0.2) is 0 Å². The standard InChI is InChI=1S/C18H23NO3/c20-16(13-19-9-8-14-4-2-1-3-5-14)15-6-7-17-18(12-15)22-11-10-21-17/h4,6-7,12,19H,1-3,5,8-11,13H2. The first-order valence-electron chi connectivity index (χ1n) is 8.14. The van der Waals surface area contributed by atoms with Crippen LogP contribution >= 0.6 is 0 Å². The first kappa shape index (κ1) is 15.1. The molecule has 0 saturated heterocycles. The number of carbonyl (C=O) groups excluding carboxylic acids is 1. The van der Waals surface area contributed by atoms with Crippen LogP contribution < -0.4 is 14.8 Å². The van der Waals surface area contributed by atoms with Gasteiger partial charge < -0.3 is 14.8 Å². The fourth-order valence-corrected chi connectivity index (χ4v) is 2.90. The van der Waals surface area contributed by atoms with Crippen LogP contribution in [0.25, 0.3) is 0 Å². The Kier molecular flexibility index (Phi) is 5.11. The van der Waals surface area contributed by atoms with Gasteiger partial charge in [0.15, 0.2) is 17.3 Å². The lowest BCUT2D eigenvalue weighted by molar-refractivity contribution is 0.0990. The minimum Gasteiger partial charge on any atom is -0.486 e. The second-order valence-electron chi connectivity index (χ2n) is 5.82. The smallest absolute Gasteiger partial charge is 0.176 e. The molecule has 118 valence electrons. The summed E-state index contributed by atoms with van der Waals surface area (Å²) in [6.07, 6.45) is 8.47. The van der Waals surface area contributed by atoms with E-state index in [1.54, 1.807) is 12.1 Å². The third-order valence-electron chi connectivity index (χ3n) is 4.16. The molecule has 22 heavy (non-hydrogen) atoms. The maximum absolute atomic E-state index is 12.2. The number of Topliss-reactive ketones (excluding diaryl/α,β-unsaturated/α-hetero) is 1. The van der Waals surface area contributed by atoms with Crippen molar-refractivity contribution in [3.8, 4) is 11.5 Å². The zero-order valence-electron chi connectivity index (χ0n) is 12.9. The first-order chi connectivity index (χ1) is 10.8. The van der Waals surface area contributed by atoms with Crippen molar-refractivity contribution in [2.24, 2.45) is 0 Å². The normalized spacial score (nSPS) is 17.0. The number of hydrogen-bond donors (Lipinski definition) is 1. The Morgan fingerprint density at radius 3 is 2.82 bits per heavy atom. The van der Waals surface area contributed by atoms with Crippen LogP contribution in [0, 0.1) is 0 Å². The van der Waals surface area contributed by atoms with Crippen LogP contribution in [0.2, 0.25) is 0 Å². The summed E-state index contributed by atoms with van der Waals surface area (Å²) in [7, 11) is 0. The summed E-state index contributed by atoms with van der Waals surface area (Å²) in [5.74, 6) is 1.49. The van der Waals surface area contributed by atoms with Crippen LogP contribution in [-0.4, -0.2) is 32.1 Å². The number of rotatable bonds is 6. The molecule has 1 aromatic rings. The number of fused-ring (bicyclic) bond motifs is 1. The van der Waals surface area contributed by atoms with Gasteiger partial charge in [0.1, 0.15) is 13.2 Å². The fraction of sp³-hybridized carbons (Fsp3) is 0.500. The Morgan fingerprint density at radius 2 is 2.00 bits per heavy atom. The summed E-state index contributed by atoms with van der Waals surface area (Å²) in [5, 5.41) is 3.25. The molecule has 0 fully saturated rings. The molecule has 1 aromatic carbocycles. The van der Waals surface area contributed by atoms with Crippen molar-refractivity contribution in [1.82, 2.24) is 5.32 Å². The quantitative estimate of drug-likeness (QED) is 0.498. The van der Waals surface area contributed by atoms with Crippen LogP contribution in [0.3, 0.4) is 0 Å². The highest BCUT2D eigenvalue weighted by atomic mass is 16.6. The summed E-state index contributed by atoms with van der Waals surface area (Å²) in [6.45, 7) is 2.34. The number of ketones is 1. The van der Waals surface area contributed by atoms with E-state index in [9.17, 15) is 4.79 Å². The van der Waals surface area contributed by atoms with Crippen LogP contribution in [-0.2, 0) is 0 Å². The molecule has 0 unspecified atom stereocenters. The van der Waals surface area contributed by atoms with Crippen LogP contribution in [0.1, 0.15) is 42.5 Å². The molecule has 1 aliphatic carbocycles. The van der Waals surface area contributed by atoms with Gasteiger partial charge in [-0.2, -0.15) is 0 Å². The van der Waals surface area contributed by atoms with Crippen LogP contribution in [0.5, 0.6) is 11.5 Å². The Bertz CT molecular complexity index is 565. The molecule has 0 amide bonds. The molecule has 4 heteroatoms. The lowest BCUT2D eigenvalue weighted by atomic mass is 9.97. The topological polar surface area (TPSA) is 47.6 Å². The van der Waals surface area contributed by atoms with E-state index < -0.39 is 0 Å². The van der Waals surface area contributed by atoms with Crippen molar-refractivity contribution < 1.29 is 14.3 Å². The van der Waals surface area contributed by atoms with Crippen molar-refractivity contribution in [3.05, 3.63) is 35.4 Å². The van der Waals surface area contributed by atoms with Gasteiger partial charge in [-0.15, -0.1) is 0 Å². The van der Waals surface area contributed by atoms with E-state index in [0.29, 0.717) is 31.1 Å². The molecule has 4 nitrogen and oxygen atoms in total. The average molecular weight is 301 g/mol. The van der Waals surface area contributed by atoms with E-state index in [2.05, 4.69) is 11.4 Å². The first-order valence-corrected chi connectivity index (χ1v) is 8.14. The Morgan fingerprint density at radius 1 is 1.14 bits per heavy atom. The van der Waals surface area contributed by atoms with Crippen molar-refractivity contribution in [1.29, 1.82) is 0 Å². The maximum atomic E-state index is 12.2. The third kappa shape index (κ3) is 3.89. The van der Waals surface area contributed by atoms with E-state index in [4.69, 9.17) is 9.47 Å². The van der Waals surface area contributed by atoms with Crippen LogP contribution in [0.4, 0.5) is 0 Å². The number of hydrogen-bond acceptors (Lipinski definition) is 4. The molecule has 0 aromatic heterocycles. The van der Waals surface area contributed by atoms with Gasteiger partial charge in [0.05, 0.1) is 6.54 Å². The molecule has 1 heterocycles. The van der Waals surface area contributed by atoms with E-state index in [1.807, 2.05) is 6.07 Å². The molecule has 0 saturated carbocycles. The highest BCUT2D eigenvalue weighted by molar-refractivity contribution is 5.98. The predicted octanol–water partition coefficient (Wildman–Crippen LogP) is 3.12. The molecule has 3 rings (SSSR count). The third-order valence-corrected chi connectivity index (χ3v) is 4.16. The molecule has 2 aliphatic rings. The predicted molar refractivity (Wildman–Crippen MR) is 85.8 cm³/mol. The summed E-state index contributed by atoms with van der Waals surface area (Å²) in [5.41, 5.74) is 2.21. The average Bonchev–Trinajstić information content (AvgIpc) is 2.59. The largest absolute Gasteiger partial charge is 0.486 e. The van der Waals surface area contributed by atoms with E-state index in [0.717, 1.165) is 18.7 Å². The number of benzene rings is 1. The summed E-state index contributed by atoms with van der Waals surface area (Å²) < 4.78 is 11.0. The number of allylic oxidation sites excluding steroid dienone is 1. The number of ether oxygens (including phenoxy) is 2. The van der Waals surface area contributed by atoms with Crippen molar-refractivity contribution in [2.75, 3.05) is 26.3 Å². The summed E-state index contributed by atoms with van der Waals surface area (Å²) in [6, 6.07) is 5.40. The Balaban J connectivity index is 1.46. The van der Waals surface area contributed by atoms with Gasteiger partial charge >= 0.3 is 0 Å². The zero-order chi connectivity index (χ0) is 15.2.